The van der Waals surface area contributed by atoms with E-state index in [2.05, 4.69) is 25.9 Å². The third-order valence-corrected chi connectivity index (χ3v) is 2.59. The van der Waals surface area contributed by atoms with Gasteiger partial charge in [-0.1, -0.05) is 28.1 Å². The van der Waals surface area contributed by atoms with Crippen LogP contribution in [0.3, 0.4) is 0 Å². The number of hydrazone groups is 1. The number of nitrogens with zero attached hydrogens (tertiary/aromatic N) is 1. The van der Waals surface area contributed by atoms with E-state index in [1.165, 1.54) is 0 Å². The molecule has 82 valence electrons. The smallest absolute Gasteiger partial charge is 0.206 e. The lowest BCUT2D eigenvalue weighted by atomic mass is 10.1. The Kier molecular flexibility index (Phi) is 3.87. The molecule has 0 unspecified atom stereocenters. The Morgan fingerprint density at radius 2 is 1.87 bits per heavy atom. The van der Waals surface area contributed by atoms with Crippen molar-refractivity contribution in [3.05, 3.63) is 34.3 Å². The van der Waals surface area contributed by atoms with E-state index >= 15 is 0 Å². The summed E-state index contributed by atoms with van der Waals surface area (Å²) in [4.78, 5) is 2.08. The number of nitrogens with one attached hydrogen (secondary N) is 1. The van der Waals surface area contributed by atoms with Gasteiger partial charge in [0.05, 0.1) is 12.0 Å². The molecule has 0 amide bonds. The molecule has 0 fully saturated rings. The Hall–Kier alpha value is -0.880. The second kappa shape index (κ2) is 4.76. The molecule has 0 bridgehead atoms. The first-order valence-electron chi connectivity index (χ1n) is 4.15. The van der Waals surface area contributed by atoms with Crippen LogP contribution in [0.15, 0.2) is 33.8 Å². The fraction of sp³-hybridized carbons (Fsp3) is 0.222. The van der Waals surface area contributed by atoms with Gasteiger partial charge in [-0.3, -0.25) is 0 Å². The predicted molar refractivity (Wildman–Crippen MR) is 64.3 cm³/mol. The van der Waals surface area contributed by atoms with Crippen LogP contribution in [0.2, 0.25) is 0 Å². The van der Waals surface area contributed by atoms with Gasteiger partial charge in [0.15, 0.2) is 0 Å². The summed E-state index contributed by atoms with van der Waals surface area (Å²) in [6, 6.07) is 7.45. The molecule has 0 heterocycles. The summed E-state index contributed by atoms with van der Waals surface area (Å²) >= 11 is 3.31. The second-order valence-corrected chi connectivity index (χ2v) is 5.71. The SMILES string of the molecule is C/C(=N\NS(C)(=O)=O)c1ccc(Br)cc1. The van der Waals surface area contributed by atoms with Crippen molar-refractivity contribution in [2.24, 2.45) is 5.10 Å². The predicted octanol–water partition coefficient (Wildman–Crippen LogP) is 1.72. The summed E-state index contributed by atoms with van der Waals surface area (Å²) in [5, 5.41) is 3.76. The monoisotopic (exact) mass is 290 g/mol. The van der Waals surface area contributed by atoms with Gasteiger partial charge in [0, 0.05) is 4.47 Å². The van der Waals surface area contributed by atoms with Crippen LogP contribution >= 0.6 is 15.9 Å². The van der Waals surface area contributed by atoms with Crippen LogP contribution in [0, 0.1) is 0 Å². The normalized spacial score (nSPS) is 12.6. The van der Waals surface area contributed by atoms with Crippen LogP contribution in [0.4, 0.5) is 0 Å². The third kappa shape index (κ3) is 4.44. The highest BCUT2D eigenvalue weighted by Crippen LogP contribution is 2.10. The van der Waals surface area contributed by atoms with Crippen molar-refractivity contribution in [2.45, 2.75) is 6.92 Å². The minimum Gasteiger partial charge on any atom is -0.206 e. The van der Waals surface area contributed by atoms with Gasteiger partial charge < -0.3 is 0 Å². The molecular weight excluding hydrogens is 280 g/mol. The Labute approximate surface area is 97.6 Å². The standard InChI is InChI=1S/C9H11BrN2O2S/c1-7(11-12-15(2,13)14)8-3-5-9(10)6-4-8/h3-6,12H,1-2H3/b11-7+. The first kappa shape index (κ1) is 12.2. The zero-order chi connectivity index (χ0) is 11.5. The Bertz CT molecular complexity index is 465. The lowest BCUT2D eigenvalue weighted by molar-refractivity contribution is 0.590. The Morgan fingerprint density at radius 1 is 1.33 bits per heavy atom. The van der Waals surface area contributed by atoms with Gasteiger partial charge in [0.1, 0.15) is 0 Å². The maximum atomic E-state index is 10.8. The molecule has 4 nitrogen and oxygen atoms in total. The van der Waals surface area contributed by atoms with Crippen molar-refractivity contribution in [2.75, 3.05) is 6.26 Å². The lowest BCUT2D eigenvalue weighted by Crippen LogP contribution is -2.17. The minimum atomic E-state index is -3.28. The molecule has 0 radical (unpaired) electrons. The maximum absolute atomic E-state index is 10.8. The van der Waals surface area contributed by atoms with Crippen LogP contribution in [-0.2, 0) is 10.0 Å². The molecule has 1 N–H and O–H groups in total. The average Bonchev–Trinajstić information content (AvgIpc) is 2.14. The van der Waals surface area contributed by atoms with E-state index in [0.717, 1.165) is 16.3 Å². The number of sulfonamides is 1. The van der Waals surface area contributed by atoms with Crippen LogP contribution in [0.5, 0.6) is 0 Å². The quantitative estimate of drug-likeness (QED) is 0.681. The van der Waals surface area contributed by atoms with Crippen molar-refractivity contribution in [1.82, 2.24) is 4.83 Å². The number of hydrogen-bond donors (Lipinski definition) is 1. The van der Waals surface area contributed by atoms with E-state index in [9.17, 15) is 8.42 Å². The molecule has 1 rings (SSSR count). The van der Waals surface area contributed by atoms with Gasteiger partial charge in [-0.15, -0.1) is 0 Å². The first-order valence-corrected chi connectivity index (χ1v) is 6.84. The Morgan fingerprint density at radius 3 is 2.33 bits per heavy atom. The molecule has 1 aromatic carbocycles. The van der Waals surface area contributed by atoms with E-state index in [1.807, 2.05) is 24.3 Å². The highest BCUT2D eigenvalue weighted by molar-refractivity contribution is 9.10. The summed E-state index contributed by atoms with van der Waals surface area (Å²) < 4.78 is 22.6. The van der Waals surface area contributed by atoms with E-state index in [1.54, 1.807) is 6.92 Å². The second-order valence-electron chi connectivity index (χ2n) is 3.07. The molecule has 0 aliphatic carbocycles. The van der Waals surface area contributed by atoms with E-state index in [-0.39, 0.29) is 0 Å². The number of rotatable bonds is 3. The molecule has 0 atom stereocenters. The summed E-state index contributed by atoms with van der Waals surface area (Å²) in [6.07, 6.45) is 1.06. The topological polar surface area (TPSA) is 58.5 Å². The molecule has 15 heavy (non-hydrogen) atoms. The van der Waals surface area contributed by atoms with E-state index in [4.69, 9.17) is 0 Å². The first-order chi connectivity index (χ1) is 6.88. The van der Waals surface area contributed by atoms with Crippen LogP contribution in [0.1, 0.15) is 12.5 Å². The zero-order valence-electron chi connectivity index (χ0n) is 8.36. The van der Waals surface area contributed by atoms with Crippen molar-refractivity contribution in [1.29, 1.82) is 0 Å². The molecule has 0 aromatic heterocycles. The van der Waals surface area contributed by atoms with Gasteiger partial charge in [-0.25, -0.2) is 13.2 Å². The van der Waals surface area contributed by atoms with E-state index in [0.29, 0.717) is 5.71 Å². The van der Waals surface area contributed by atoms with Gasteiger partial charge >= 0.3 is 0 Å². The maximum Gasteiger partial charge on any atom is 0.244 e. The summed E-state index contributed by atoms with van der Waals surface area (Å²) in [5.41, 5.74) is 1.49. The number of benzene rings is 1. The zero-order valence-corrected chi connectivity index (χ0v) is 10.8. The van der Waals surface area contributed by atoms with Crippen LogP contribution in [0.25, 0.3) is 0 Å². The minimum absolute atomic E-state index is 0.618. The average molecular weight is 291 g/mol. The van der Waals surface area contributed by atoms with Crippen molar-refractivity contribution in [3.8, 4) is 0 Å². The highest BCUT2D eigenvalue weighted by atomic mass is 79.9. The van der Waals surface area contributed by atoms with Crippen molar-refractivity contribution >= 4 is 31.7 Å². The molecule has 0 aliphatic heterocycles. The Balaban J connectivity index is 2.85. The number of halogens is 1. The van der Waals surface area contributed by atoms with Crippen molar-refractivity contribution in [3.63, 3.8) is 0 Å². The van der Waals surface area contributed by atoms with Gasteiger partial charge in [0.25, 0.3) is 0 Å². The third-order valence-electron chi connectivity index (χ3n) is 1.64. The molecule has 1 aromatic rings. The highest BCUT2D eigenvalue weighted by Gasteiger charge is 2.00. The van der Waals surface area contributed by atoms with Crippen LogP contribution < -0.4 is 4.83 Å². The molecule has 0 saturated carbocycles. The molecule has 6 heteroatoms. The fourth-order valence-electron chi connectivity index (χ4n) is 0.907. The van der Waals surface area contributed by atoms with Gasteiger partial charge in [-0.2, -0.15) is 5.10 Å². The van der Waals surface area contributed by atoms with Crippen LogP contribution in [-0.4, -0.2) is 20.4 Å². The van der Waals surface area contributed by atoms with Crippen molar-refractivity contribution < 1.29 is 8.42 Å². The number of hydrogen-bond acceptors (Lipinski definition) is 3. The van der Waals surface area contributed by atoms with Gasteiger partial charge in [0.2, 0.25) is 10.0 Å². The summed E-state index contributed by atoms with van der Waals surface area (Å²) in [5.74, 6) is 0. The summed E-state index contributed by atoms with van der Waals surface area (Å²) in [7, 11) is -3.28. The molecule has 0 aliphatic rings. The van der Waals surface area contributed by atoms with E-state index < -0.39 is 10.0 Å². The summed E-state index contributed by atoms with van der Waals surface area (Å²) in [6.45, 7) is 1.74. The molecule has 0 spiro atoms. The van der Waals surface area contributed by atoms with Gasteiger partial charge in [-0.05, 0) is 24.6 Å². The molecular formula is C9H11BrN2O2S. The molecule has 0 saturated heterocycles. The largest absolute Gasteiger partial charge is 0.244 e. The lowest BCUT2D eigenvalue weighted by Gasteiger charge is -2.01. The fourth-order valence-corrected chi connectivity index (χ4v) is 1.47.